The third kappa shape index (κ3) is 13.3. The Morgan fingerprint density at radius 2 is 1.77 bits per heavy atom. The highest BCUT2D eigenvalue weighted by Crippen LogP contribution is 2.30. The lowest BCUT2D eigenvalue weighted by Crippen LogP contribution is -2.36. The highest BCUT2D eigenvalue weighted by Gasteiger charge is 2.20. The van der Waals surface area contributed by atoms with E-state index in [2.05, 4.69) is 62.5 Å². The number of carbonyl (C=O) groups is 2. The number of ether oxygens (including phenoxy) is 2. The number of primary amides is 1. The lowest BCUT2D eigenvalue weighted by molar-refractivity contribution is -0.106. The number of carbonyl (C=O) groups excluding carboxylic acids is 2. The average molecular weight is 732 g/mol. The maximum Gasteiger partial charge on any atom is 0.204 e. The van der Waals surface area contributed by atoms with Crippen LogP contribution in [-0.4, -0.2) is 103 Å². The van der Waals surface area contributed by atoms with Gasteiger partial charge in [-0.1, -0.05) is 32.6 Å². The van der Waals surface area contributed by atoms with Crippen LogP contribution in [0.4, 0.5) is 5.82 Å². The van der Waals surface area contributed by atoms with Crippen molar-refractivity contribution in [2.75, 3.05) is 65.9 Å². The number of pyridine rings is 1. The van der Waals surface area contributed by atoms with E-state index >= 15 is 0 Å². The quantitative estimate of drug-likeness (QED) is 0.0605. The minimum atomic E-state index is 0.250. The number of fused-ring (bicyclic) bond motifs is 1. The van der Waals surface area contributed by atoms with Gasteiger partial charge in [0.1, 0.15) is 23.6 Å². The van der Waals surface area contributed by atoms with Crippen LogP contribution >= 0.6 is 0 Å². The van der Waals surface area contributed by atoms with E-state index in [1.807, 2.05) is 64.7 Å². The Hall–Kier alpha value is -4.85. The van der Waals surface area contributed by atoms with E-state index in [1.54, 1.807) is 13.3 Å². The van der Waals surface area contributed by atoms with Gasteiger partial charge >= 0.3 is 0 Å². The van der Waals surface area contributed by atoms with Crippen molar-refractivity contribution in [3.8, 4) is 11.5 Å². The van der Waals surface area contributed by atoms with Crippen molar-refractivity contribution in [2.24, 2.45) is 5.73 Å². The van der Waals surface area contributed by atoms with Crippen LogP contribution in [0, 0.1) is 13.8 Å². The number of aromatic nitrogens is 5. The predicted molar refractivity (Wildman–Crippen MR) is 216 cm³/mol. The largest absolute Gasteiger partial charge is 0.497 e. The Kier molecular flexibility index (Phi) is 20.4. The van der Waals surface area contributed by atoms with Crippen molar-refractivity contribution in [1.29, 1.82) is 0 Å². The number of anilines is 1. The first-order chi connectivity index (χ1) is 25.7. The van der Waals surface area contributed by atoms with Gasteiger partial charge in [-0.25, -0.2) is 9.97 Å². The van der Waals surface area contributed by atoms with Crippen LogP contribution in [0.15, 0.2) is 49.2 Å². The molecule has 4 N–H and O–H groups in total. The number of rotatable bonds is 15. The van der Waals surface area contributed by atoms with Gasteiger partial charge in [0.15, 0.2) is 5.82 Å². The first-order valence-electron chi connectivity index (χ1n) is 18.4. The zero-order valence-corrected chi connectivity index (χ0v) is 33.1. The zero-order valence-electron chi connectivity index (χ0n) is 33.1. The van der Waals surface area contributed by atoms with Crippen molar-refractivity contribution in [2.45, 2.75) is 67.0 Å². The molecule has 1 amide bonds. The molecular weight excluding hydrogens is 670 g/mol. The Labute approximate surface area is 315 Å². The molecule has 13 heteroatoms. The molecule has 1 aliphatic rings. The maximum absolute atomic E-state index is 12.0. The third-order valence-electron chi connectivity index (χ3n) is 8.27. The van der Waals surface area contributed by atoms with Gasteiger partial charge in [0.05, 0.1) is 37.1 Å². The molecule has 4 heterocycles. The van der Waals surface area contributed by atoms with Crippen LogP contribution < -0.4 is 16.4 Å². The second kappa shape index (κ2) is 24.4. The fourth-order valence-corrected chi connectivity index (χ4v) is 5.90. The number of allylic oxidation sites excluding steroid dienone is 1. The summed E-state index contributed by atoms with van der Waals surface area (Å²) >= 11 is 0. The number of hydrogen-bond acceptors (Lipinski definition) is 10. The van der Waals surface area contributed by atoms with E-state index in [9.17, 15) is 4.79 Å². The number of benzene rings is 1. The van der Waals surface area contributed by atoms with Crippen LogP contribution in [0.3, 0.4) is 0 Å². The Balaban J connectivity index is 0.00000112. The number of amides is 1. The van der Waals surface area contributed by atoms with Gasteiger partial charge in [0.2, 0.25) is 6.41 Å². The van der Waals surface area contributed by atoms with Crippen LogP contribution in [0.1, 0.15) is 66.4 Å². The van der Waals surface area contributed by atoms with Gasteiger partial charge < -0.3 is 30.4 Å². The molecule has 0 saturated carbocycles. The summed E-state index contributed by atoms with van der Waals surface area (Å²) in [7, 11) is 5.36. The normalized spacial score (nSPS) is 12.5. The smallest absolute Gasteiger partial charge is 0.204 e. The highest BCUT2D eigenvalue weighted by molar-refractivity contribution is 5.89. The maximum atomic E-state index is 12.0. The monoisotopic (exact) mass is 731 g/mol. The molecule has 0 atom stereocenters. The number of morpholine rings is 1. The molecular formula is C40H61N9O4. The number of nitrogens with zero attached hydrogens (tertiary/aromatic N) is 6. The number of nitrogens with one attached hydrogen (secondary N) is 2. The summed E-state index contributed by atoms with van der Waals surface area (Å²) in [5.41, 5.74) is 11.7. The number of aldehydes is 1. The Morgan fingerprint density at radius 1 is 1.08 bits per heavy atom. The van der Waals surface area contributed by atoms with Crippen molar-refractivity contribution in [3.63, 3.8) is 0 Å². The van der Waals surface area contributed by atoms with E-state index < -0.39 is 0 Å². The molecule has 4 aromatic rings. The molecule has 0 spiro atoms. The molecule has 0 bridgehead atoms. The number of aryl methyl sites for hydroxylation is 4. The summed E-state index contributed by atoms with van der Waals surface area (Å²) < 4.78 is 15.0. The van der Waals surface area contributed by atoms with Crippen molar-refractivity contribution >= 4 is 35.3 Å². The molecule has 1 saturated heterocycles. The molecule has 53 heavy (non-hydrogen) atoms. The number of nitrogens with two attached hydrogens (primary N) is 1. The summed E-state index contributed by atoms with van der Waals surface area (Å²) in [6.45, 7) is 20.7. The van der Waals surface area contributed by atoms with E-state index in [4.69, 9.17) is 24.4 Å². The molecule has 0 unspecified atom stereocenters. The van der Waals surface area contributed by atoms with Gasteiger partial charge in [-0.3, -0.25) is 19.2 Å². The summed E-state index contributed by atoms with van der Waals surface area (Å²) in [5, 5.41) is 10.9. The number of unbranched alkanes of at least 4 members (excludes halogenated alkanes) is 1. The number of imidazole rings is 1. The van der Waals surface area contributed by atoms with E-state index in [1.165, 1.54) is 0 Å². The summed E-state index contributed by atoms with van der Waals surface area (Å²) in [5.74, 6) is 2.27. The van der Waals surface area contributed by atoms with Gasteiger partial charge in [-0.15, -0.1) is 0 Å². The summed E-state index contributed by atoms with van der Waals surface area (Å²) in [6.07, 6.45) is 10.2. The van der Waals surface area contributed by atoms with Crippen LogP contribution in [0.2, 0.25) is 0 Å². The fraction of sp³-hybridized carbons (Fsp3) is 0.475. The predicted octanol–water partition coefficient (Wildman–Crippen LogP) is 5.65. The second-order valence-corrected chi connectivity index (χ2v) is 12.1. The third-order valence-corrected chi connectivity index (χ3v) is 8.27. The van der Waals surface area contributed by atoms with E-state index in [0.717, 1.165) is 116 Å². The highest BCUT2D eigenvalue weighted by atomic mass is 16.5. The van der Waals surface area contributed by atoms with Crippen LogP contribution in [0.25, 0.3) is 28.3 Å². The molecule has 1 fully saturated rings. The first kappa shape index (κ1) is 44.3. The van der Waals surface area contributed by atoms with E-state index in [0.29, 0.717) is 24.4 Å². The standard InChI is InChI=1S/C35H45N7O3.C2H7N.C2H6.CH3NO/c1-6-42-32(20-26(3)39-42)35-38-31-22-28(24-43)21-29(11-7-9-13-40-15-17-45-18-16-40)33(31)41(35)14-10-8-12-36-34-25(2)19-30(23-37-34)27(4)44-5;1-3-2;1-2;2-1-3/h8,10,19-24H,4,6-7,9,11-18H2,1-3,5H3,(H,36,37);3H,1-2H3;1-2H3;1H,(H2,2,3)/b10-8+;;;. The SMILES string of the molecule is C=C(OC)c1cnc(NC/C=C/Cn2c(-c3cc(C)nn3CC)nc3cc(C=O)cc(CCCCN4CCOCC4)c32)c(C)c1.CC.CNC.NC=O. The molecule has 1 aromatic carbocycles. The van der Waals surface area contributed by atoms with Crippen LogP contribution in [0.5, 0.6) is 0 Å². The molecule has 5 rings (SSSR count). The molecule has 0 radical (unpaired) electrons. The van der Waals surface area contributed by atoms with Crippen molar-refractivity contribution in [3.05, 3.63) is 77.1 Å². The molecule has 1 aliphatic heterocycles. The minimum absolute atomic E-state index is 0.250. The minimum Gasteiger partial charge on any atom is -0.497 e. The lowest BCUT2D eigenvalue weighted by Gasteiger charge is -2.26. The topological polar surface area (TPSA) is 154 Å². The zero-order chi connectivity index (χ0) is 39.2. The summed E-state index contributed by atoms with van der Waals surface area (Å²) in [6, 6.07) is 8.05. The average Bonchev–Trinajstić information content (AvgIpc) is 3.74. The second-order valence-electron chi connectivity index (χ2n) is 12.1. The van der Waals surface area contributed by atoms with Crippen LogP contribution in [-0.2, 0) is 33.8 Å². The van der Waals surface area contributed by atoms with Crippen molar-refractivity contribution in [1.82, 2.24) is 34.5 Å². The Bertz CT molecular complexity index is 1740. The Morgan fingerprint density at radius 3 is 2.40 bits per heavy atom. The van der Waals surface area contributed by atoms with Gasteiger partial charge in [0, 0.05) is 50.0 Å². The van der Waals surface area contributed by atoms with Crippen molar-refractivity contribution < 1.29 is 19.1 Å². The number of hydrogen-bond donors (Lipinski definition) is 3. The van der Waals surface area contributed by atoms with Gasteiger partial charge in [-0.05, 0) is 96.1 Å². The molecule has 290 valence electrons. The number of methoxy groups -OCH3 is 1. The fourth-order valence-electron chi connectivity index (χ4n) is 5.90. The first-order valence-corrected chi connectivity index (χ1v) is 18.4. The van der Waals surface area contributed by atoms with Gasteiger partial charge in [0.25, 0.3) is 0 Å². The molecule has 0 aliphatic carbocycles. The molecule has 13 nitrogen and oxygen atoms in total. The summed E-state index contributed by atoms with van der Waals surface area (Å²) in [4.78, 5) is 32.7. The molecule has 3 aromatic heterocycles. The van der Waals surface area contributed by atoms with E-state index in [-0.39, 0.29) is 6.41 Å². The van der Waals surface area contributed by atoms with Gasteiger partial charge in [-0.2, -0.15) is 5.10 Å². The lowest BCUT2D eigenvalue weighted by atomic mass is 10.0.